The molecule has 2 aromatic carbocycles. The molecule has 2 amide bonds. The van der Waals surface area contributed by atoms with Crippen LogP contribution in [-0.2, 0) is 0 Å². The number of amides is 2. The first-order chi connectivity index (χ1) is 14.4. The molecule has 10 heteroatoms. The van der Waals surface area contributed by atoms with E-state index in [9.17, 15) is 29.8 Å². The highest BCUT2D eigenvalue weighted by molar-refractivity contribution is 6.07. The van der Waals surface area contributed by atoms with Crippen molar-refractivity contribution in [3.8, 4) is 0 Å². The van der Waals surface area contributed by atoms with Gasteiger partial charge in [-0.05, 0) is 37.1 Å². The molecule has 0 bridgehead atoms. The van der Waals surface area contributed by atoms with Crippen molar-refractivity contribution in [3.05, 3.63) is 73.8 Å². The van der Waals surface area contributed by atoms with Gasteiger partial charge >= 0.3 is 0 Å². The van der Waals surface area contributed by atoms with Gasteiger partial charge in [0.15, 0.2) is 0 Å². The summed E-state index contributed by atoms with van der Waals surface area (Å²) < 4.78 is 0. The Morgan fingerprint density at radius 2 is 1.60 bits per heavy atom. The van der Waals surface area contributed by atoms with Gasteiger partial charge in [-0.3, -0.25) is 29.8 Å². The highest BCUT2D eigenvalue weighted by Crippen LogP contribution is 2.26. The number of nitro benzene ring substituents is 2. The molecule has 0 atom stereocenters. The maximum atomic E-state index is 12.8. The Hall–Kier alpha value is -3.82. The van der Waals surface area contributed by atoms with E-state index in [-0.39, 0.29) is 11.5 Å². The fourth-order valence-corrected chi connectivity index (χ4v) is 3.36. The third-order valence-corrected chi connectivity index (χ3v) is 4.89. The number of carbonyl (C=O) groups is 2. The molecule has 10 nitrogen and oxygen atoms in total. The van der Waals surface area contributed by atoms with Gasteiger partial charge in [0.05, 0.1) is 15.9 Å². The Balaban J connectivity index is 1.81. The Morgan fingerprint density at radius 1 is 0.900 bits per heavy atom. The monoisotopic (exact) mass is 412 g/mol. The molecule has 1 heterocycles. The molecule has 1 aliphatic heterocycles. The van der Waals surface area contributed by atoms with Crippen molar-refractivity contribution in [2.45, 2.75) is 25.7 Å². The van der Waals surface area contributed by atoms with Crippen molar-refractivity contribution in [2.75, 3.05) is 18.4 Å². The lowest BCUT2D eigenvalue weighted by molar-refractivity contribution is -0.394. The molecule has 0 aromatic heterocycles. The minimum Gasteiger partial charge on any atom is -0.339 e. The van der Waals surface area contributed by atoms with Gasteiger partial charge < -0.3 is 10.2 Å². The van der Waals surface area contributed by atoms with Gasteiger partial charge in [-0.1, -0.05) is 18.9 Å². The molecule has 0 aliphatic carbocycles. The third kappa shape index (κ3) is 4.77. The lowest BCUT2D eigenvalue weighted by atomic mass is 10.1. The molecule has 0 saturated carbocycles. The largest absolute Gasteiger partial charge is 0.339 e. The number of nitro groups is 2. The van der Waals surface area contributed by atoms with Crippen LogP contribution in [0.3, 0.4) is 0 Å². The first-order valence-electron chi connectivity index (χ1n) is 9.50. The summed E-state index contributed by atoms with van der Waals surface area (Å²) in [5.74, 6) is -0.926. The van der Waals surface area contributed by atoms with Crippen LogP contribution in [0.15, 0.2) is 42.5 Å². The minimum absolute atomic E-state index is 0.130. The van der Waals surface area contributed by atoms with E-state index >= 15 is 0 Å². The van der Waals surface area contributed by atoms with E-state index in [0.717, 1.165) is 43.9 Å². The molecule has 0 spiro atoms. The Kier molecular flexibility index (Phi) is 6.35. The summed E-state index contributed by atoms with van der Waals surface area (Å²) in [5, 5.41) is 24.6. The summed E-state index contributed by atoms with van der Waals surface area (Å²) >= 11 is 0. The number of hydrogen-bond acceptors (Lipinski definition) is 6. The second-order valence-electron chi connectivity index (χ2n) is 6.96. The molecule has 2 aromatic rings. The van der Waals surface area contributed by atoms with Gasteiger partial charge in [0.25, 0.3) is 23.2 Å². The molecule has 1 N–H and O–H groups in total. The molecule has 30 heavy (non-hydrogen) atoms. The van der Waals surface area contributed by atoms with Crippen molar-refractivity contribution in [2.24, 2.45) is 0 Å². The maximum Gasteiger partial charge on any atom is 0.289 e. The highest BCUT2D eigenvalue weighted by Gasteiger charge is 2.24. The smallest absolute Gasteiger partial charge is 0.289 e. The number of carbonyl (C=O) groups excluding carboxylic acids is 2. The van der Waals surface area contributed by atoms with Gasteiger partial charge in [0.1, 0.15) is 5.56 Å². The second kappa shape index (κ2) is 9.12. The van der Waals surface area contributed by atoms with E-state index in [4.69, 9.17) is 0 Å². The molecular weight excluding hydrogens is 392 g/mol. The zero-order valence-electron chi connectivity index (χ0n) is 16.1. The van der Waals surface area contributed by atoms with Crippen LogP contribution in [0.1, 0.15) is 46.4 Å². The van der Waals surface area contributed by atoms with Crippen LogP contribution in [-0.4, -0.2) is 39.7 Å². The number of nitrogens with zero attached hydrogens (tertiary/aromatic N) is 3. The normalized spacial score (nSPS) is 13.9. The summed E-state index contributed by atoms with van der Waals surface area (Å²) in [5.41, 5.74) is -0.752. The predicted octanol–water partition coefficient (Wildman–Crippen LogP) is 3.77. The zero-order chi connectivity index (χ0) is 21.7. The zero-order valence-corrected chi connectivity index (χ0v) is 16.1. The number of benzene rings is 2. The van der Waals surface area contributed by atoms with Crippen molar-refractivity contribution in [1.29, 1.82) is 0 Å². The highest BCUT2D eigenvalue weighted by atomic mass is 16.6. The van der Waals surface area contributed by atoms with Crippen LogP contribution in [0.4, 0.5) is 17.1 Å². The molecule has 0 radical (unpaired) electrons. The summed E-state index contributed by atoms with van der Waals surface area (Å²) in [6, 6.07) is 9.16. The van der Waals surface area contributed by atoms with Gasteiger partial charge in [0, 0.05) is 30.4 Å². The number of hydrogen-bond donors (Lipinski definition) is 1. The number of likely N-dealkylation sites (tertiary alicyclic amines) is 1. The molecule has 1 fully saturated rings. The van der Waals surface area contributed by atoms with Crippen molar-refractivity contribution < 1.29 is 19.4 Å². The Labute approximate surface area is 171 Å². The lowest BCUT2D eigenvalue weighted by Gasteiger charge is -2.20. The van der Waals surface area contributed by atoms with E-state index in [1.54, 1.807) is 23.1 Å². The van der Waals surface area contributed by atoms with E-state index in [1.165, 1.54) is 6.07 Å². The fraction of sp³-hybridized carbons (Fsp3) is 0.300. The number of nitrogens with one attached hydrogen (secondary N) is 1. The molecule has 0 unspecified atom stereocenters. The molecule has 1 saturated heterocycles. The van der Waals surface area contributed by atoms with Crippen LogP contribution in [0.25, 0.3) is 0 Å². The number of non-ortho nitro benzene ring substituents is 1. The lowest BCUT2D eigenvalue weighted by Crippen LogP contribution is -2.31. The molecule has 3 rings (SSSR count). The third-order valence-electron chi connectivity index (χ3n) is 4.89. The van der Waals surface area contributed by atoms with Gasteiger partial charge in [0.2, 0.25) is 0 Å². The SMILES string of the molecule is O=C(Nc1cccc(C(=O)N2CCCCCC2)c1)c1ccc([N+](=O)[O-])cc1[N+](=O)[O-]. The molecule has 1 aliphatic rings. The first-order valence-corrected chi connectivity index (χ1v) is 9.50. The molecular formula is C20H20N4O6. The van der Waals surface area contributed by atoms with E-state index in [2.05, 4.69) is 5.32 Å². The van der Waals surface area contributed by atoms with Crippen LogP contribution in [0, 0.1) is 20.2 Å². The summed E-state index contributed by atoms with van der Waals surface area (Å²) in [7, 11) is 0. The van der Waals surface area contributed by atoms with Gasteiger partial charge in [-0.2, -0.15) is 0 Å². The van der Waals surface area contributed by atoms with E-state index < -0.39 is 27.1 Å². The number of anilines is 1. The second-order valence-corrected chi connectivity index (χ2v) is 6.96. The van der Waals surface area contributed by atoms with E-state index in [0.29, 0.717) is 24.3 Å². The van der Waals surface area contributed by atoms with Crippen molar-refractivity contribution >= 4 is 28.9 Å². The van der Waals surface area contributed by atoms with Crippen molar-refractivity contribution in [1.82, 2.24) is 4.90 Å². The van der Waals surface area contributed by atoms with Crippen LogP contribution in [0.5, 0.6) is 0 Å². The average molecular weight is 412 g/mol. The van der Waals surface area contributed by atoms with Crippen LogP contribution in [0.2, 0.25) is 0 Å². The van der Waals surface area contributed by atoms with Crippen molar-refractivity contribution in [3.63, 3.8) is 0 Å². The Morgan fingerprint density at radius 3 is 2.23 bits per heavy atom. The maximum absolute atomic E-state index is 12.8. The Bertz CT molecular complexity index is 999. The van der Waals surface area contributed by atoms with Crippen LogP contribution < -0.4 is 5.32 Å². The predicted molar refractivity (Wildman–Crippen MR) is 109 cm³/mol. The van der Waals surface area contributed by atoms with Gasteiger partial charge in [-0.25, -0.2) is 0 Å². The molecule has 156 valence electrons. The average Bonchev–Trinajstić information content (AvgIpc) is 3.02. The minimum atomic E-state index is -0.846. The van der Waals surface area contributed by atoms with E-state index in [1.807, 2.05) is 0 Å². The van der Waals surface area contributed by atoms with Gasteiger partial charge in [-0.15, -0.1) is 0 Å². The fourth-order valence-electron chi connectivity index (χ4n) is 3.36. The number of rotatable bonds is 5. The summed E-state index contributed by atoms with van der Waals surface area (Å²) in [6.45, 7) is 1.37. The summed E-state index contributed by atoms with van der Waals surface area (Å²) in [4.78, 5) is 47.6. The standard InChI is InChI=1S/C20H20N4O6/c25-19(17-9-8-16(23(27)28)13-18(17)24(29)30)21-15-7-5-6-14(12-15)20(26)22-10-3-1-2-4-11-22/h5-9,12-13H,1-4,10-11H2,(H,21,25). The first kappa shape index (κ1) is 20.9. The van der Waals surface area contributed by atoms with Crippen LogP contribution >= 0.6 is 0 Å². The quantitative estimate of drug-likeness (QED) is 0.586. The summed E-state index contributed by atoms with van der Waals surface area (Å²) in [6.07, 6.45) is 4.08. The topological polar surface area (TPSA) is 136 Å².